The van der Waals surface area contributed by atoms with Gasteiger partial charge in [0, 0.05) is 17.8 Å². The minimum absolute atomic E-state index is 0.453. The van der Waals surface area contributed by atoms with E-state index in [9.17, 15) is 0 Å². The van der Waals surface area contributed by atoms with Crippen molar-refractivity contribution >= 4 is 23.2 Å². The van der Waals surface area contributed by atoms with Crippen molar-refractivity contribution < 1.29 is 4.98 Å². The highest BCUT2D eigenvalue weighted by Crippen LogP contribution is 2.25. The van der Waals surface area contributed by atoms with Crippen LogP contribution in [0.2, 0.25) is 5.02 Å². The second-order valence-corrected chi connectivity index (χ2v) is 4.34. The fraction of sp³-hybridized carbons (Fsp3) is 0. The summed E-state index contributed by atoms with van der Waals surface area (Å²) in [5, 5.41) is 3.55. The average molecular weight is 283 g/mol. The van der Waals surface area contributed by atoms with Crippen molar-refractivity contribution in [2.75, 3.05) is 5.32 Å². The Balaban J connectivity index is 1.95. The van der Waals surface area contributed by atoms with Crippen molar-refractivity contribution in [2.45, 2.75) is 0 Å². The smallest absolute Gasteiger partial charge is 0.312 e. The molecule has 96 valence electrons. The van der Waals surface area contributed by atoms with Gasteiger partial charge in [-0.3, -0.25) is 4.98 Å². The lowest BCUT2D eigenvalue weighted by molar-refractivity contribution is -0.293. The van der Waals surface area contributed by atoms with E-state index in [-0.39, 0.29) is 0 Å². The molecule has 3 aromatic rings. The number of nitrogens with zero attached hydrogens (tertiary/aromatic N) is 4. The fourth-order valence-electron chi connectivity index (χ4n) is 1.66. The highest BCUT2D eigenvalue weighted by atomic mass is 35.5. The van der Waals surface area contributed by atoms with E-state index in [1.165, 1.54) is 0 Å². The van der Waals surface area contributed by atoms with Crippen LogP contribution in [0.3, 0.4) is 0 Å². The summed E-state index contributed by atoms with van der Waals surface area (Å²) in [6.07, 6.45) is 9.35. The molecule has 0 saturated carbocycles. The Morgan fingerprint density at radius 2 is 2.20 bits per heavy atom. The van der Waals surface area contributed by atoms with Crippen molar-refractivity contribution in [1.82, 2.24) is 15.0 Å². The summed E-state index contributed by atoms with van der Waals surface area (Å²) >= 11 is 6.13. The monoisotopic (exact) mass is 282 g/mol. The zero-order chi connectivity index (χ0) is 13.8. The van der Waals surface area contributed by atoms with Gasteiger partial charge < -0.3 is 5.32 Å². The Morgan fingerprint density at radius 3 is 2.95 bits per heavy atom. The van der Waals surface area contributed by atoms with Gasteiger partial charge in [0.25, 0.3) is 0 Å². The first-order valence-electron chi connectivity index (χ1n) is 5.85. The normalized spacial score (nSPS) is 9.85. The van der Waals surface area contributed by atoms with E-state index in [4.69, 9.17) is 11.6 Å². The molecule has 3 aromatic heterocycles. The number of hydrogen-bond donors (Lipinski definition) is 1. The lowest BCUT2D eigenvalue weighted by Crippen LogP contribution is -1.99. The number of anilines is 2. The first-order chi connectivity index (χ1) is 9.83. The van der Waals surface area contributed by atoms with Crippen LogP contribution in [-0.2, 0) is 0 Å². The molecule has 0 saturated heterocycles. The van der Waals surface area contributed by atoms with Gasteiger partial charge in [-0.1, -0.05) is 11.6 Å². The Morgan fingerprint density at radius 1 is 1.25 bits per heavy atom. The van der Waals surface area contributed by atoms with E-state index < -0.39 is 0 Å². The van der Waals surface area contributed by atoms with Crippen LogP contribution in [0.4, 0.5) is 11.6 Å². The second kappa shape index (κ2) is 5.51. The molecular weight excluding hydrogens is 274 g/mol. The molecule has 0 amide bonds. The van der Waals surface area contributed by atoms with Crippen LogP contribution in [0.5, 0.6) is 0 Å². The highest BCUT2D eigenvalue weighted by molar-refractivity contribution is 6.32. The number of halogens is 1. The molecule has 0 aliphatic heterocycles. The van der Waals surface area contributed by atoms with Gasteiger partial charge in [-0.05, 0) is 17.1 Å². The zero-order valence-electron chi connectivity index (χ0n) is 10.3. The minimum Gasteiger partial charge on any atom is -0.323 e. The number of aromatic nitrogens is 4. The molecule has 0 aliphatic carbocycles. The van der Waals surface area contributed by atoms with Crippen molar-refractivity contribution in [2.24, 2.45) is 0 Å². The lowest BCUT2D eigenvalue weighted by Gasteiger charge is -2.06. The molecule has 3 heterocycles. The molecule has 20 heavy (non-hydrogen) atoms. The first kappa shape index (κ1) is 12.3. The molecule has 0 unspecified atom stereocenters. The largest absolute Gasteiger partial charge is 0.323 e. The lowest BCUT2D eigenvalue weighted by atomic mass is 10.2. The van der Waals surface area contributed by atoms with Crippen molar-refractivity contribution in [3.8, 4) is 11.3 Å². The van der Waals surface area contributed by atoms with E-state index in [0.717, 1.165) is 11.3 Å². The number of hydrogen-bond acceptors (Lipinski definition) is 4. The summed E-state index contributed by atoms with van der Waals surface area (Å²) in [4.78, 5) is 16.4. The van der Waals surface area contributed by atoms with Crippen LogP contribution < -0.4 is 10.3 Å². The molecule has 0 spiro atoms. The molecule has 0 aromatic carbocycles. The number of rotatable bonds is 3. The van der Waals surface area contributed by atoms with Crippen LogP contribution in [0.25, 0.3) is 11.3 Å². The van der Waals surface area contributed by atoms with Gasteiger partial charge in [-0.2, -0.15) is 0 Å². The summed E-state index contributed by atoms with van der Waals surface area (Å²) in [5.74, 6) is 0.453. The maximum absolute atomic E-state index is 6.13. The van der Waals surface area contributed by atoms with Gasteiger partial charge in [0.15, 0.2) is 0 Å². The van der Waals surface area contributed by atoms with Crippen LogP contribution in [-0.4, -0.2) is 15.0 Å². The second-order valence-electron chi connectivity index (χ2n) is 3.93. The predicted octanol–water partition coefficient (Wildman–Crippen LogP) is 2.34. The third-order valence-electron chi connectivity index (χ3n) is 2.56. The Kier molecular flexibility index (Phi) is 3.40. The van der Waals surface area contributed by atoms with Crippen molar-refractivity contribution in [1.29, 1.82) is 0 Å². The summed E-state index contributed by atoms with van der Waals surface area (Å²) < 4.78 is 0. The predicted molar refractivity (Wildman–Crippen MR) is 74.4 cm³/mol. The number of nitrogens with one attached hydrogen (secondary N) is 1. The Bertz CT molecular complexity index is 703. The van der Waals surface area contributed by atoms with Crippen LogP contribution >= 0.6 is 11.6 Å². The molecule has 3 rings (SSSR count). The maximum Gasteiger partial charge on any atom is 0.312 e. The van der Waals surface area contributed by atoms with Crippen molar-refractivity contribution in [3.63, 3.8) is 0 Å². The van der Waals surface area contributed by atoms with Crippen LogP contribution in [0, 0.1) is 6.20 Å². The van der Waals surface area contributed by atoms with Gasteiger partial charge in [0.1, 0.15) is 0 Å². The van der Waals surface area contributed by atoms with Crippen molar-refractivity contribution in [3.05, 3.63) is 60.3 Å². The first-order valence-corrected chi connectivity index (χ1v) is 6.23. The molecule has 5 nitrogen and oxygen atoms in total. The maximum atomic E-state index is 6.13. The summed E-state index contributed by atoms with van der Waals surface area (Å²) in [6.45, 7) is 0. The molecule has 0 aliphatic rings. The van der Waals surface area contributed by atoms with Gasteiger partial charge in [-0.25, -0.2) is 9.97 Å². The summed E-state index contributed by atoms with van der Waals surface area (Å²) in [5.41, 5.74) is 2.27. The molecule has 0 atom stereocenters. The van der Waals surface area contributed by atoms with Gasteiger partial charge in [0.05, 0.1) is 34.9 Å². The number of pyridine rings is 1. The molecule has 0 fully saturated rings. The third kappa shape index (κ3) is 2.66. The summed E-state index contributed by atoms with van der Waals surface area (Å²) in [6, 6.07) is 7.25. The van der Waals surface area contributed by atoms with E-state index in [1.54, 1.807) is 30.9 Å². The fourth-order valence-corrected chi connectivity index (χ4v) is 1.86. The summed E-state index contributed by atoms with van der Waals surface area (Å²) in [7, 11) is 0. The Labute approximate surface area is 120 Å². The van der Waals surface area contributed by atoms with E-state index in [0.29, 0.717) is 16.7 Å². The third-order valence-corrected chi connectivity index (χ3v) is 2.84. The van der Waals surface area contributed by atoms with Gasteiger partial charge in [-0.15, -0.1) is 0 Å². The topological polar surface area (TPSA) is 64.8 Å². The van der Waals surface area contributed by atoms with E-state index >= 15 is 0 Å². The van der Waals surface area contributed by atoms with E-state index in [2.05, 4.69) is 31.4 Å². The highest BCUT2D eigenvalue weighted by Gasteiger charge is 2.09. The molecular formula is C14H9ClN5+. The molecule has 0 radical (unpaired) electrons. The minimum atomic E-state index is 0.453. The molecule has 6 heteroatoms. The Hall–Kier alpha value is -2.71. The SMILES string of the molecule is Clc1cnc(Nc2cccnc2)nc1-c1cc#[n+]cc1. The molecule has 1 N–H and O–H groups in total. The van der Waals surface area contributed by atoms with Gasteiger partial charge in [0.2, 0.25) is 5.95 Å². The van der Waals surface area contributed by atoms with Crippen LogP contribution in [0.15, 0.2) is 49.1 Å². The zero-order valence-corrected chi connectivity index (χ0v) is 11.0. The van der Waals surface area contributed by atoms with Crippen LogP contribution in [0.1, 0.15) is 0 Å². The molecule has 0 bridgehead atoms. The average Bonchev–Trinajstić information content (AvgIpc) is 2.51. The quantitative estimate of drug-likeness (QED) is 0.799. The van der Waals surface area contributed by atoms with E-state index in [1.807, 2.05) is 18.2 Å². The van der Waals surface area contributed by atoms with Gasteiger partial charge >= 0.3 is 12.4 Å². The standard InChI is InChI=1S/C14H9ClN5/c15-12-9-18-14(19-11-2-1-5-17-8-11)20-13(12)10-3-6-16-7-4-10/h1-6,8-9H,(H,18,19,20)/q+1.